The van der Waals surface area contributed by atoms with Gasteiger partial charge in [0.05, 0.1) is 18.3 Å². The van der Waals surface area contributed by atoms with Crippen molar-refractivity contribution in [2.24, 2.45) is 11.7 Å². The van der Waals surface area contributed by atoms with Crippen LogP contribution in [0.4, 0.5) is 0 Å². The Balaban J connectivity index is 1.82. The highest BCUT2D eigenvalue weighted by Gasteiger charge is 2.35. The molecule has 1 amide bonds. The van der Waals surface area contributed by atoms with Crippen molar-refractivity contribution in [2.45, 2.75) is 70.1 Å². The Bertz CT molecular complexity index is 359. The van der Waals surface area contributed by atoms with Crippen LogP contribution in [0.2, 0.25) is 0 Å². The predicted molar refractivity (Wildman–Crippen MR) is 81.8 cm³/mol. The second-order valence-electron chi connectivity index (χ2n) is 7.29. The molecule has 3 unspecified atom stereocenters. The van der Waals surface area contributed by atoms with Crippen LogP contribution >= 0.6 is 0 Å². The number of rotatable bonds is 4. The zero-order valence-corrected chi connectivity index (χ0v) is 13.4. The van der Waals surface area contributed by atoms with Gasteiger partial charge in [-0.15, -0.1) is 0 Å². The maximum Gasteiger partial charge on any atom is 0.222 e. The Hall–Kier alpha value is -0.650. The van der Waals surface area contributed by atoms with Gasteiger partial charge in [0.25, 0.3) is 0 Å². The molecule has 0 spiro atoms. The number of amides is 1. The van der Waals surface area contributed by atoms with E-state index < -0.39 is 0 Å². The number of hydrogen-bond donors (Lipinski definition) is 2. The Morgan fingerprint density at radius 1 is 1.43 bits per heavy atom. The third kappa shape index (κ3) is 4.94. The highest BCUT2D eigenvalue weighted by atomic mass is 16.5. The van der Waals surface area contributed by atoms with Crippen molar-refractivity contribution in [3.8, 4) is 0 Å². The van der Waals surface area contributed by atoms with Gasteiger partial charge in [0.15, 0.2) is 0 Å². The largest absolute Gasteiger partial charge is 0.394 e. The molecule has 0 aromatic carbocycles. The first kappa shape index (κ1) is 16.7. The predicted octanol–water partition coefficient (Wildman–Crippen LogP) is 1.28. The summed E-state index contributed by atoms with van der Waals surface area (Å²) in [5, 5.41) is 9.31. The molecule has 122 valence electrons. The van der Waals surface area contributed by atoms with Crippen LogP contribution in [0.1, 0.15) is 52.4 Å². The lowest BCUT2D eigenvalue weighted by atomic mass is 9.83. The van der Waals surface area contributed by atoms with E-state index in [1.807, 2.05) is 18.7 Å². The first-order valence-electron chi connectivity index (χ1n) is 8.21. The highest BCUT2D eigenvalue weighted by Crippen LogP contribution is 2.28. The van der Waals surface area contributed by atoms with Crippen LogP contribution < -0.4 is 5.73 Å². The number of carbonyl (C=O) groups excluding carboxylic acids is 1. The Labute approximate surface area is 127 Å². The molecule has 0 aromatic heterocycles. The van der Waals surface area contributed by atoms with E-state index in [2.05, 4.69) is 0 Å². The van der Waals surface area contributed by atoms with Crippen molar-refractivity contribution in [1.82, 2.24) is 4.90 Å². The normalized spacial score (nSPS) is 33.0. The molecular formula is C16H30N2O3. The zero-order chi connectivity index (χ0) is 15.5. The Morgan fingerprint density at radius 3 is 2.86 bits per heavy atom. The first-order chi connectivity index (χ1) is 9.89. The molecule has 2 rings (SSSR count). The number of hydrogen-bond acceptors (Lipinski definition) is 4. The number of nitrogens with two attached hydrogens (primary N) is 1. The van der Waals surface area contributed by atoms with Crippen LogP contribution in [-0.2, 0) is 9.53 Å². The molecular weight excluding hydrogens is 268 g/mol. The van der Waals surface area contributed by atoms with E-state index in [9.17, 15) is 9.90 Å². The molecule has 2 fully saturated rings. The second kappa shape index (κ2) is 7.07. The molecule has 0 radical (unpaired) electrons. The molecule has 3 N–H and O–H groups in total. The summed E-state index contributed by atoms with van der Waals surface area (Å²) >= 11 is 0. The van der Waals surface area contributed by atoms with Gasteiger partial charge < -0.3 is 20.5 Å². The summed E-state index contributed by atoms with van der Waals surface area (Å²) in [5.74, 6) is 0.782. The van der Waals surface area contributed by atoms with Crippen molar-refractivity contribution < 1.29 is 14.6 Å². The van der Waals surface area contributed by atoms with Gasteiger partial charge in [-0.3, -0.25) is 4.79 Å². The van der Waals surface area contributed by atoms with Crippen molar-refractivity contribution in [3.63, 3.8) is 0 Å². The average molecular weight is 298 g/mol. The molecule has 1 aliphatic heterocycles. The smallest absolute Gasteiger partial charge is 0.222 e. The van der Waals surface area contributed by atoms with Gasteiger partial charge in [0, 0.05) is 25.6 Å². The standard InChI is InChI=1S/C16H30N2O3/c1-16(2)11-18(9-14(10-19)21-16)15(20)7-6-12-4-3-5-13(17)8-12/h12-14,19H,3-11,17H2,1-2H3. The lowest BCUT2D eigenvalue weighted by molar-refractivity contribution is -0.167. The van der Waals surface area contributed by atoms with E-state index in [0.29, 0.717) is 31.5 Å². The number of ether oxygens (including phenoxy) is 1. The molecule has 5 nitrogen and oxygen atoms in total. The fourth-order valence-corrected chi connectivity index (χ4v) is 3.66. The van der Waals surface area contributed by atoms with Gasteiger partial charge in [-0.05, 0) is 39.0 Å². The van der Waals surface area contributed by atoms with Crippen LogP contribution in [0.5, 0.6) is 0 Å². The Kier molecular flexibility index (Phi) is 5.63. The summed E-state index contributed by atoms with van der Waals surface area (Å²) in [6.07, 6.45) is 5.84. The van der Waals surface area contributed by atoms with Gasteiger partial charge >= 0.3 is 0 Å². The van der Waals surface area contributed by atoms with Crippen molar-refractivity contribution in [2.75, 3.05) is 19.7 Å². The third-order valence-corrected chi connectivity index (χ3v) is 4.63. The Morgan fingerprint density at radius 2 is 2.19 bits per heavy atom. The monoisotopic (exact) mass is 298 g/mol. The summed E-state index contributed by atoms with van der Waals surface area (Å²) in [6, 6.07) is 0.319. The van der Waals surface area contributed by atoms with Crippen LogP contribution in [0.3, 0.4) is 0 Å². The van der Waals surface area contributed by atoms with Crippen LogP contribution in [0, 0.1) is 5.92 Å². The topological polar surface area (TPSA) is 75.8 Å². The lowest BCUT2D eigenvalue weighted by Crippen LogP contribution is -2.55. The zero-order valence-electron chi connectivity index (χ0n) is 13.4. The van der Waals surface area contributed by atoms with E-state index in [1.165, 1.54) is 12.8 Å². The number of aliphatic hydroxyl groups is 1. The molecule has 1 heterocycles. The molecule has 1 saturated carbocycles. The van der Waals surface area contributed by atoms with Gasteiger partial charge in [-0.1, -0.05) is 12.8 Å². The minimum Gasteiger partial charge on any atom is -0.394 e. The average Bonchev–Trinajstić information content (AvgIpc) is 2.43. The van der Waals surface area contributed by atoms with Gasteiger partial charge in [0.2, 0.25) is 5.91 Å². The van der Waals surface area contributed by atoms with Crippen LogP contribution in [-0.4, -0.2) is 53.4 Å². The van der Waals surface area contributed by atoms with Gasteiger partial charge in [-0.25, -0.2) is 0 Å². The van der Waals surface area contributed by atoms with Gasteiger partial charge in [0.1, 0.15) is 0 Å². The number of aliphatic hydroxyl groups excluding tert-OH is 1. The van der Waals surface area contributed by atoms with Crippen molar-refractivity contribution in [1.29, 1.82) is 0 Å². The third-order valence-electron chi connectivity index (χ3n) is 4.63. The summed E-state index contributed by atoms with van der Waals surface area (Å²) in [6.45, 7) is 5.00. The molecule has 2 aliphatic rings. The van der Waals surface area contributed by atoms with E-state index in [4.69, 9.17) is 10.5 Å². The van der Waals surface area contributed by atoms with E-state index in [-0.39, 0.29) is 24.2 Å². The van der Waals surface area contributed by atoms with Crippen molar-refractivity contribution >= 4 is 5.91 Å². The number of nitrogens with zero attached hydrogens (tertiary/aromatic N) is 1. The molecule has 3 atom stereocenters. The fourth-order valence-electron chi connectivity index (χ4n) is 3.66. The van der Waals surface area contributed by atoms with Gasteiger partial charge in [-0.2, -0.15) is 0 Å². The van der Waals surface area contributed by atoms with Crippen LogP contribution in [0.25, 0.3) is 0 Å². The number of morpholine rings is 1. The molecule has 1 aliphatic carbocycles. The molecule has 1 saturated heterocycles. The minimum atomic E-state index is -0.380. The summed E-state index contributed by atoms with van der Waals surface area (Å²) in [4.78, 5) is 14.3. The maximum atomic E-state index is 12.4. The molecule has 0 aromatic rings. The quantitative estimate of drug-likeness (QED) is 0.820. The van der Waals surface area contributed by atoms with E-state index in [0.717, 1.165) is 19.3 Å². The van der Waals surface area contributed by atoms with E-state index in [1.54, 1.807) is 0 Å². The van der Waals surface area contributed by atoms with Crippen molar-refractivity contribution in [3.05, 3.63) is 0 Å². The maximum absolute atomic E-state index is 12.4. The number of carbonyl (C=O) groups is 1. The molecule has 5 heteroatoms. The lowest BCUT2D eigenvalue weighted by Gasteiger charge is -2.42. The molecule has 21 heavy (non-hydrogen) atoms. The van der Waals surface area contributed by atoms with E-state index >= 15 is 0 Å². The fraction of sp³-hybridized carbons (Fsp3) is 0.938. The summed E-state index contributed by atoms with van der Waals surface area (Å²) in [7, 11) is 0. The second-order valence-corrected chi connectivity index (χ2v) is 7.29. The highest BCUT2D eigenvalue weighted by molar-refractivity contribution is 5.76. The first-order valence-corrected chi connectivity index (χ1v) is 8.21. The summed E-state index contributed by atoms with van der Waals surface area (Å²) < 4.78 is 5.75. The minimum absolute atomic E-state index is 0.0370. The SMILES string of the molecule is CC1(C)CN(C(=O)CCC2CCCC(N)C2)CC(CO)O1. The van der Waals surface area contributed by atoms with Crippen LogP contribution in [0.15, 0.2) is 0 Å². The molecule has 0 bridgehead atoms. The summed E-state index contributed by atoms with van der Waals surface area (Å²) in [5.41, 5.74) is 5.63.